The van der Waals surface area contributed by atoms with Gasteiger partial charge in [0.05, 0.1) is 0 Å². The van der Waals surface area contributed by atoms with Crippen LogP contribution in [0.25, 0.3) is 0 Å². The fourth-order valence-corrected chi connectivity index (χ4v) is 2.03. The molecule has 3 nitrogen and oxygen atoms in total. The summed E-state index contributed by atoms with van der Waals surface area (Å²) < 4.78 is 1.01. The van der Waals surface area contributed by atoms with Crippen molar-refractivity contribution in [3.63, 3.8) is 0 Å². The molecule has 84 valence electrons. The standard InChI is InChI=1S/C11H18BrN3/c1-8(2)15(5-4-13)11-9(3)6-10(12)7-14-11/h6-8H,4-5,13H2,1-3H3. The monoisotopic (exact) mass is 271 g/mol. The number of nitrogens with two attached hydrogens (primary N) is 1. The Labute approximate surface area is 99.8 Å². The predicted molar refractivity (Wildman–Crippen MR) is 68.2 cm³/mol. The predicted octanol–water partition coefficient (Wildman–Crippen LogP) is 2.33. The molecule has 1 rings (SSSR count). The second kappa shape index (κ2) is 5.47. The van der Waals surface area contributed by atoms with Gasteiger partial charge in [-0.15, -0.1) is 0 Å². The molecule has 0 saturated heterocycles. The summed E-state index contributed by atoms with van der Waals surface area (Å²) in [5.41, 5.74) is 6.78. The van der Waals surface area contributed by atoms with E-state index in [0.29, 0.717) is 12.6 Å². The summed E-state index contributed by atoms with van der Waals surface area (Å²) >= 11 is 3.42. The third kappa shape index (κ3) is 3.18. The molecule has 2 N–H and O–H groups in total. The highest BCUT2D eigenvalue weighted by molar-refractivity contribution is 9.10. The van der Waals surface area contributed by atoms with Crippen molar-refractivity contribution in [3.05, 3.63) is 22.3 Å². The Bertz CT molecular complexity index is 326. The molecule has 0 unspecified atom stereocenters. The molecule has 0 radical (unpaired) electrons. The highest BCUT2D eigenvalue weighted by Gasteiger charge is 2.13. The van der Waals surface area contributed by atoms with Gasteiger partial charge in [-0.3, -0.25) is 0 Å². The highest BCUT2D eigenvalue weighted by atomic mass is 79.9. The van der Waals surface area contributed by atoms with Crippen LogP contribution in [0.1, 0.15) is 19.4 Å². The third-order valence-corrected chi connectivity index (χ3v) is 2.72. The van der Waals surface area contributed by atoms with Crippen LogP contribution in [0.2, 0.25) is 0 Å². The summed E-state index contributed by atoms with van der Waals surface area (Å²) in [5.74, 6) is 1.03. The van der Waals surface area contributed by atoms with E-state index in [1.54, 1.807) is 0 Å². The van der Waals surface area contributed by atoms with Crippen LogP contribution < -0.4 is 10.6 Å². The maximum Gasteiger partial charge on any atom is 0.131 e. The smallest absolute Gasteiger partial charge is 0.131 e. The molecule has 0 atom stereocenters. The first-order valence-corrected chi connectivity index (χ1v) is 5.94. The summed E-state index contributed by atoms with van der Waals surface area (Å²) in [6.45, 7) is 7.86. The molecule has 0 aliphatic heterocycles. The van der Waals surface area contributed by atoms with Gasteiger partial charge in [-0.2, -0.15) is 0 Å². The average molecular weight is 272 g/mol. The minimum atomic E-state index is 0.418. The van der Waals surface area contributed by atoms with Crippen molar-refractivity contribution < 1.29 is 0 Å². The molecular weight excluding hydrogens is 254 g/mol. The van der Waals surface area contributed by atoms with Crippen LogP contribution in [0.3, 0.4) is 0 Å². The number of hydrogen-bond donors (Lipinski definition) is 1. The molecule has 0 aliphatic rings. The third-order valence-electron chi connectivity index (χ3n) is 2.28. The summed E-state index contributed by atoms with van der Waals surface area (Å²) in [6, 6.07) is 2.50. The zero-order valence-corrected chi connectivity index (χ0v) is 11.1. The molecule has 1 heterocycles. The van der Waals surface area contributed by atoms with Gasteiger partial charge in [-0.25, -0.2) is 4.98 Å². The number of aromatic nitrogens is 1. The first-order chi connectivity index (χ1) is 7.06. The van der Waals surface area contributed by atoms with E-state index in [1.165, 1.54) is 5.56 Å². The molecule has 0 aromatic carbocycles. The Morgan fingerprint density at radius 3 is 2.67 bits per heavy atom. The van der Waals surface area contributed by atoms with Gasteiger partial charge in [-0.1, -0.05) is 0 Å². The Hall–Kier alpha value is -0.610. The number of pyridine rings is 1. The summed E-state index contributed by atoms with van der Waals surface area (Å²) in [4.78, 5) is 6.67. The van der Waals surface area contributed by atoms with Gasteiger partial charge in [0.2, 0.25) is 0 Å². The van der Waals surface area contributed by atoms with E-state index < -0.39 is 0 Å². The van der Waals surface area contributed by atoms with Crippen LogP contribution in [-0.4, -0.2) is 24.1 Å². The van der Waals surface area contributed by atoms with E-state index in [-0.39, 0.29) is 0 Å². The van der Waals surface area contributed by atoms with E-state index in [2.05, 4.69) is 52.7 Å². The molecule has 1 aromatic heterocycles. The van der Waals surface area contributed by atoms with Crippen LogP contribution in [0.15, 0.2) is 16.7 Å². The largest absolute Gasteiger partial charge is 0.353 e. The minimum absolute atomic E-state index is 0.418. The van der Waals surface area contributed by atoms with Crippen LogP contribution in [0, 0.1) is 6.92 Å². The average Bonchev–Trinajstić information content (AvgIpc) is 2.15. The molecule has 0 aliphatic carbocycles. The summed E-state index contributed by atoms with van der Waals surface area (Å²) in [7, 11) is 0. The van der Waals surface area contributed by atoms with Crippen LogP contribution in [0.5, 0.6) is 0 Å². The lowest BCUT2D eigenvalue weighted by Gasteiger charge is -2.28. The lowest BCUT2D eigenvalue weighted by molar-refractivity contribution is 0.672. The van der Waals surface area contributed by atoms with Crippen molar-refractivity contribution in [3.8, 4) is 0 Å². The zero-order chi connectivity index (χ0) is 11.4. The van der Waals surface area contributed by atoms with Gasteiger partial charge in [0.1, 0.15) is 5.82 Å². The van der Waals surface area contributed by atoms with E-state index >= 15 is 0 Å². The highest BCUT2D eigenvalue weighted by Crippen LogP contribution is 2.21. The van der Waals surface area contributed by atoms with Gasteiger partial charge < -0.3 is 10.6 Å². The van der Waals surface area contributed by atoms with E-state index in [1.807, 2.05) is 6.20 Å². The van der Waals surface area contributed by atoms with Crippen molar-refractivity contribution in [1.29, 1.82) is 0 Å². The minimum Gasteiger partial charge on any atom is -0.353 e. The summed E-state index contributed by atoms with van der Waals surface area (Å²) in [5, 5.41) is 0. The van der Waals surface area contributed by atoms with Crippen molar-refractivity contribution in [2.75, 3.05) is 18.0 Å². The first-order valence-electron chi connectivity index (χ1n) is 5.15. The zero-order valence-electron chi connectivity index (χ0n) is 9.50. The molecule has 0 spiro atoms. The topological polar surface area (TPSA) is 42.2 Å². The second-order valence-corrected chi connectivity index (χ2v) is 4.79. The number of hydrogen-bond acceptors (Lipinski definition) is 3. The van der Waals surface area contributed by atoms with Crippen molar-refractivity contribution in [2.45, 2.75) is 26.8 Å². The molecule has 0 fully saturated rings. The molecule has 0 bridgehead atoms. The lowest BCUT2D eigenvalue weighted by Crippen LogP contribution is -2.36. The fourth-order valence-electron chi connectivity index (χ4n) is 1.58. The number of anilines is 1. The van der Waals surface area contributed by atoms with Gasteiger partial charge in [0.15, 0.2) is 0 Å². The maximum atomic E-state index is 5.61. The Morgan fingerprint density at radius 2 is 2.20 bits per heavy atom. The Kier molecular flexibility index (Phi) is 4.54. The van der Waals surface area contributed by atoms with Gasteiger partial charge >= 0.3 is 0 Å². The SMILES string of the molecule is Cc1cc(Br)cnc1N(CCN)C(C)C. The molecule has 4 heteroatoms. The van der Waals surface area contributed by atoms with Crippen LogP contribution in [-0.2, 0) is 0 Å². The Morgan fingerprint density at radius 1 is 1.53 bits per heavy atom. The van der Waals surface area contributed by atoms with Crippen LogP contribution >= 0.6 is 15.9 Å². The van der Waals surface area contributed by atoms with Crippen molar-refractivity contribution in [1.82, 2.24) is 4.98 Å². The second-order valence-electron chi connectivity index (χ2n) is 3.87. The van der Waals surface area contributed by atoms with E-state index in [9.17, 15) is 0 Å². The number of nitrogens with zero attached hydrogens (tertiary/aromatic N) is 2. The number of aryl methyl sites for hydroxylation is 1. The summed E-state index contributed by atoms with van der Waals surface area (Å²) in [6.07, 6.45) is 1.83. The van der Waals surface area contributed by atoms with Crippen LogP contribution in [0.4, 0.5) is 5.82 Å². The lowest BCUT2D eigenvalue weighted by atomic mass is 10.2. The molecule has 0 amide bonds. The molecule has 1 aromatic rings. The van der Waals surface area contributed by atoms with Gasteiger partial charge in [0.25, 0.3) is 0 Å². The number of rotatable bonds is 4. The molecule has 0 saturated carbocycles. The van der Waals surface area contributed by atoms with E-state index in [4.69, 9.17) is 5.73 Å². The van der Waals surface area contributed by atoms with E-state index in [0.717, 1.165) is 16.8 Å². The molecular formula is C11H18BrN3. The van der Waals surface area contributed by atoms with Crippen molar-refractivity contribution >= 4 is 21.7 Å². The fraction of sp³-hybridized carbons (Fsp3) is 0.545. The number of halogens is 1. The van der Waals surface area contributed by atoms with Gasteiger partial charge in [-0.05, 0) is 48.3 Å². The maximum absolute atomic E-state index is 5.61. The Balaban J connectivity index is 3.00. The normalized spacial score (nSPS) is 10.8. The quantitative estimate of drug-likeness (QED) is 0.914. The molecule has 15 heavy (non-hydrogen) atoms. The van der Waals surface area contributed by atoms with Gasteiger partial charge in [0, 0.05) is 29.8 Å². The first kappa shape index (κ1) is 12.5. The van der Waals surface area contributed by atoms with Crippen molar-refractivity contribution in [2.24, 2.45) is 5.73 Å².